The van der Waals surface area contributed by atoms with Crippen molar-refractivity contribution >= 4 is 23.1 Å². The molecule has 3 rings (SSSR count). The second kappa shape index (κ2) is 5.48. The Balaban J connectivity index is 2.08. The van der Waals surface area contributed by atoms with Crippen LogP contribution in [0.5, 0.6) is 0 Å². The van der Waals surface area contributed by atoms with Gasteiger partial charge in [-0.3, -0.25) is 14.5 Å². The van der Waals surface area contributed by atoms with Crippen molar-refractivity contribution in [3.05, 3.63) is 71.4 Å². The van der Waals surface area contributed by atoms with Crippen LogP contribution in [0.3, 0.4) is 0 Å². The molecule has 4 heteroatoms. The van der Waals surface area contributed by atoms with Crippen LogP contribution in [-0.2, 0) is 9.59 Å². The second-order valence-electron chi connectivity index (χ2n) is 5.28. The van der Waals surface area contributed by atoms with Crippen molar-refractivity contribution in [2.45, 2.75) is 6.92 Å². The van der Waals surface area contributed by atoms with Crippen LogP contribution in [0.1, 0.15) is 11.1 Å². The van der Waals surface area contributed by atoms with E-state index in [0.717, 1.165) is 21.7 Å². The van der Waals surface area contributed by atoms with E-state index in [0.29, 0.717) is 11.3 Å². The van der Waals surface area contributed by atoms with Crippen LogP contribution >= 0.6 is 0 Å². The molecule has 110 valence electrons. The molecule has 0 spiro atoms. The number of nitrogens with one attached hydrogen (secondary N) is 1. The summed E-state index contributed by atoms with van der Waals surface area (Å²) in [5.41, 5.74) is 3.36. The molecule has 0 bridgehead atoms. The van der Waals surface area contributed by atoms with E-state index in [-0.39, 0.29) is 11.8 Å². The topological polar surface area (TPSA) is 49.4 Å². The first-order valence-electron chi connectivity index (χ1n) is 7.03. The lowest BCUT2D eigenvalue weighted by Crippen LogP contribution is -2.27. The van der Waals surface area contributed by atoms with Crippen molar-refractivity contribution in [2.24, 2.45) is 0 Å². The van der Waals surface area contributed by atoms with Gasteiger partial charge in [0.1, 0.15) is 5.70 Å². The van der Waals surface area contributed by atoms with Gasteiger partial charge < -0.3 is 5.32 Å². The molecule has 0 atom stereocenters. The SMILES string of the molecule is Cc1ccc(C2=C(Nc3ccccc3)C(=O)N(C)C2=O)cc1. The van der Waals surface area contributed by atoms with E-state index in [2.05, 4.69) is 5.32 Å². The minimum atomic E-state index is -0.315. The van der Waals surface area contributed by atoms with E-state index in [1.807, 2.05) is 61.5 Å². The lowest BCUT2D eigenvalue weighted by molar-refractivity contribution is -0.135. The predicted molar refractivity (Wildman–Crippen MR) is 85.9 cm³/mol. The van der Waals surface area contributed by atoms with Crippen molar-refractivity contribution in [3.8, 4) is 0 Å². The lowest BCUT2D eigenvalue weighted by Gasteiger charge is -2.08. The molecular weight excluding hydrogens is 276 g/mol. The van der Waals surface area contributed by atoms with E-state index in [1.165, 1.54) is 7.05 Å². The van der Waals surface area contributed by atoms with Crippen molar-refractivity contribution in [2.75, 3.05) is 12.4 Å². The van der Waals surface area contributed by atoms with E-state index >= 15 is 0 Å². The smallest absolute Gasteiger partial charge is 0.277 e. The standard InChI is InChI=1S/C18H16N2O2/c1-12-8-10-13(11-9-12)15-16(18(22)20(2)17(15)21)19-14-6-4-3-5-7-14/h3-11,19H,1-2H3. The quantitative estimate of drug-likeness (QED) is 0.885. The number of anilines is 1. The Hall–Kier alpha value is -2.88. The van der Waals surface area contributed by atoms with Gasteiger partial charge in [-0.05, 0) is 24.6 Å². The van der Waals surface area contributed by atoms with Gasteiger partial charge in [-0.1, -0.05) is 48.0 Å². The molecule has 0 fully saturated rings. The zero-order valence-electron chi connectivity index (χ0n) is 12.5. The molecule has 0 radical (unpaired) electrons. The Labute approximate surface area is 129 Å². The van der Waals surface area contributed by atoms with Crippen molar-refractivity contribution in [3.63, 3.8) is 0 Å². The highest BCUT2D eigenvalue weighted by Gasteiger charge is 2.36. The number of carbonyl (C=O) groups excluding carboxylic acids is 2. The fraction of sp³-hybridized carbons (Fsp3) is 0.111. The molecule has 2 aromatic carbocycles. The third-order valence-corrected chi connectivity index (χ3v) is 3.67. The van der Waals surface area contributed by atoms with Gasteiger partial charge in [0, 0.05) is 12.7 Å². The summed E-state index contributed by atoms with van der Waals surface area (Å²) < 4.78 is 0. The average Bonchev–Trinajstić information content (AvgIpc) is 2.74. The van der Waals surface area contributed by atoms with E-state index in [9.17, 15) is 9.59 Å². The van der Waals surface area contributed by atoms with Crippen LogP contribution in [0.4, 0.5) is 5.69 Å². The Bertz CT molecular complexity index is 761. The fourth-order valence-electron chi connectivity index (χ4n) is 2.41. The lowest BCUT2D eigenvalue weighted by atomic mass is 10.0. The minimum Gasteiger partial charge on any atom is -0.350 e. The van der Waals surface area contributed by atoms with Crippen LogP contribution in [0, 0.1) is 6.92 Å². The van der Waals surface area contributed by atoms with Gasteiger partial charge in [0.05, 0.1) is 5.57 Å². The van der Waals surface area contributed by atoms with Crippen molar-refractivity contribution in [1.29, 1.82) is 0 Å². The van der Waals surface area contributed by atoms with Gasteiger partial charge in [-0.15, -0.1) is 0 Å². The van der Waals surface area contributed by atoms with Gasteiger partial charge in [-0.2, -0.15) is 0 Å². The molecule has 1 aliphatic rings. The first-order valence-corrected chi connectivity index (χ1v) is 7.03. The van der Waals surface area contributed by atoms with Crippen LogP contribution in [0.15, 0.2) is 60.3 Å². The highest BCUT2D eigenvalue weighted by Crippen LogP contribution is 2.29. The fourth-order valence-corrected chi connectivity index (χ4v) is 2.41. The number of hydrogen-bond donors (Lipinski definition) is 1. The number of nitrogens with zero attached hydrogens (tertiary/aromatic N) is 1. The van der Waals surface area contributed by atoms with Gasteiger partial charge in [0.15, 0.2) is 0 Å². The molecule has 1 aliphatic heterocycles. The van der Waals surface area contributed by atoms with Crippen LogP contribution in [0.25, 0.3) is 5.57 Å². The Kier molecular flexibility index (Phi) is 3.51. The Morgan fingerprint density at radius 2 is 1.50 bits per heavy atom. The number of imide groups is 1. The number of likely N-dealkylation sites (N-methyl/N-ethyl adjacent to an activating group) is 1. The molecule has 22 heavy (non-hydrogen) atoms. The number of aryl methyl sites for hydroxylation is 1. The molecule has 1 N–H and O–H groups in total. The third kappa shape index (κ3) is 2.39. The Morgan fingerprint density at radius 1 is 0.864 bits per heavy atom. The monoisotopic (exact) mass is 292 g/mol. The van der Waals surface area contributed by atoms with Crippen LogP contribution in [0.2, 0.25) is 0 Å². The molecule has 0 saturated carbocycles. The molecule has 2 amide bonds. The summed E-state index contributed by atoms with van der Waals surface area (Å²) in [4.78, 5) is 25.9. The summed E-state index contributed by atoms with van der Waals surface area (Å²) in [6, 6.07) is 16.9. The number of rotatable bonds is 3. The number of hydrogen-bond acceptors (Lipinski definition) is 3. The molecule has 1 heterocycles. The molecule has 2 aromatic rings. The van der Waals surface area contributed by atoms with Crippen molar-refractivity contribution < 1.29 is 9.59 Å². The maximum atomic E-state index is 12.4. The van der Waals surface area contributed by atoms with Crippen LogP contribution in [-0.4, -0.2) is 23.8 Å². The third-order valence-electron chi connectivity index (χ3n) is 3.67. The van der Waals surface area contributed by atoms with E-state index in [4.69, 9.17) is 0 Å². The largest absolute Gasteiger partial charge is 0.350 e. The van der Waals surface area contributed by atoms with Crippen LogP contribution < -0.4 is 5.32 Å². The maximum absolute atomic E-state index is 12.4. The molecule has 0 aliphatic carbocycles. The van der Waals surface area contributed by atoms with Gasteiger partial charge in [0.25, 0.3) is 11.8 Å². The average molecular weight is 292 g/mol. The zero-order valence-corrected chi connectivity index (χ0v) is 12.5. The van der Waals surface area contributed by atoms with E-state index in [1.54, 1.807) is 0 Å². The summed E-state index contributed by atoms with van der Waals surface area (Å²) in [5, 5.41) is 3.08. The second-order valence-corrected chi connectivity index (χ2v) is 5.28. The normalized spacial score (nSPS) is 14.7. The van der Waals surface area contributed by atoms with Gasteiger partial charge in [-0.25, -0.2) is 0 Å². The zero-order chi connectivity index (χ0) is 15.7. The summed E-state index contributed by atoms with van der Waals surface area (Å²) >= 11 is 0. The highest BCUT2D eigenvalue weighted by molar-refractivity contribution is 6.36. The first kappa shape index (κ1) is 14.1. The number of amides is 2. The minimum absolute atomic E-state index is 0.285. The van der Waals surface area contributed by atoms with E-state index < -0.39 is 0 Å². The molecule has 0 unspecified atom stereocenters. The summed E-state index contributed by atoms with van der Waals surface area (Å²) in [6.07, 6.45) is 0. The molecule has 0 aromatic heterocycles. The van der Waals surface area contributed by atoms with Gasteiger partial charge >= 0.3 is 0 Å². The van der Waals surface area contributed by atoms with Crippen molar-refractivity contribution in [1.82, 2.24) is 4.90 Å². The summed E-state index contributed by atoms with van der Waals surface area (Å²) in [7, 11) is 1.50. The first-order chi connectivity index (χ1) is 10.6. The summed E-state index contributed by atoms with van der Waals surface area (Å²) in [6.45, 7) is 1.98. The molecular formula is C18H16N2O2. The predicted octanol–water partition coefficient (Wildman–Crippen LogP) is 2.82. The number of para-hydroxylation sites is 1. The number of benzene rings is 2. The molecule has 0 saturated heterocycles. The maximum Gasteiger partial charge on any atom is 0.277 e. The molecule has 4 nitrogen and oxygen atoms in total. The summed E-state index contributed by atoms with van der Waals surface area (Å²) in [5.74, 6) is -0.600. The highest BCUT2D eigenvalue weighted by atomic mass is 16.2. The number of carbonyl (C=O) groups is 2. The Morgan fingerprint density at radius 3 is 2.14 bits per heavy atom. The van der Waals surface area contributed by atoms with Gasteiger partial charge in [0.2, 0.25) is 0 Å².